The lowest BCUT2D eigenvalue weighted by Gasteiger charge is -2.19. The van der Waals surface area contributed by atoms with Gasteiger partial charge in [0.15, 0.2) is 0 Å². The Kier molecular flexibility index (Phi) is 4.15. The molecular weight excluding hydrogens is 286 g/mol. The van der Waals surface area contributed by atoms with Gasteiger partial charge in [-0.1, -0.05) is 0 Å². The van der Waals surface area contributed by atoms with E-state index in [1.165, 1.54) is 0 Å². The van der Waals surface area contributed by atoms with Gasteiger partial charge in [-0.2, -0.15) is 11.3 Å². The van der Waals surface area contributed by atoms with Gasteiger partial charge in [0.2, 0.25) is 5.88 Å². The number of fused-ring (bicyclic) bond motifs is 1. The summed E-state index contributed by atoms with van der Waals surface area (Å²) in [6, 6.07) is 1.87. The SMILES string of the molecule is CCOc1ncnc2c1CCN(C(=O)c1ccsc1)CC2. The largest absolute Gasteiger partial charge is 0.478 e. The average Bonchev–Trinajstić information content (AvgIpc) is 2.94. The molecule has 3 rings (SSSR count). The standard InChI is InChI=1S/C15H17N3O2S/c1-2-20-14-12-3-6-18(7-4-13(12)16-10-17-14)15(19)11-5-8-21-9-11/h5,8-10H,2-4,6-7H2,1H3. The van der Waals surface area contributed by atoms with Gasteiger partial charge in [-0.3, -0.25) is 4.79 Å². The molecule has 0 bridgehead atoms. The van der Waals surface area contributed by atoms with Crippen LogP contribution in [0.4, 0.5) is 0 Å². The van der Waals surface area contributed by atoms with Gasteiger partial charge in [0.25, 0.3) is 5.91 Å². The predicted molar refractivity (Wildman–Crippen MR) is 80.8 cm³/mol. The maximum atomic E-state index is 12.4. The van der Waals surface area contributed by atoms with Crippen molar-refractivity contribution in [3.8, 4) is 5.88 Å². The topological polar surface area (TPSA) is 55.3 Å². The number of thiophene rings is 1. The van der Waals surface area contributed by atoms with Gasteiger partial charge in [0.05, 0.1) is 17.9 Å². The fourth-order valence-electron chi connectivity index (χ4n) is 2.53. The van der Waals surface area contributed by atoms with Crippen molar-refractivity contribution in [2.75, 3.05) is 19.7 Å². The van der Waals surface area contributed by atoms with Crippen LogP contribution in [-0.4, -0.2) is 40.5 Å². The van der Waals surface area contributed by atoms with E-state index in [9.17, 15) is 4.79 Å². The molecule has 0 aliphatic carbocycles. The fourth-order valence-corrected chi connectivity index (χ4v) is 3.16. The van der Waals surface area contributed by atoms with E-state index < -0.39 is 0 Å². The molecule has 0 aromatic carbocycles. The summed E-state index contributed by atoms with van der Waals surface area (Å²) in [5.41, 5.74) is 2.80. The number of aromatic nitrogens is 2. The van der Waals surface area contributed by atoms with E-state index in [4.69, 9.17) is 4.74 Å². The van der Waals surface area contributed by atoms with Crippen molar-refractivity contribution in [3.63, 3.8) is 0 Å². The molecule has 2 aromatic rings. The maximum absolute atomic E-state index is 12.4. The molecule has 0 N–H and O–H groups in total. The molecule has 0 saturated carbocycles. The normalized spacial score (nSPS) is 14.4. The second-order valence-corrected chi connectivity index (χ2v) is 5.62. The summed E-state index contributed by atoms with van der Waals surface area (Å²) < 4.78 is 5.57. The number of hydrogen-bond acceptors (Lipinski definition) is 5. The smallest absolute Gasteiger partial charge is 0.254 e. The molecule has 0 fully saturated rings. The van der Waals surface area contributed by atoms with Crippen LogP contribution in [0.25, 0.3) is 0 Å². The Hall–Kier alpha value is -1.95. The van der Waals surface area contributed by atoms with Crippen molar-refractivity contribution >= 4 is 17.2 Å². The number of rotatable bonds is 3. The Balaban J connectivity index is 1.79. The van der Waals surface area contributed by atoms with Gasteiger partial charge in [0, 0.05) is 30.5 Å². The zero-order valence-electron chi connectivity index (χ0n) is 11.9. The minimum absolute atomic E-state index is 0.0926. The van der Waals surface area contributed by atoms with Gasteiger partial charge < -0.3 is 9.64 Å². The first kappa shape index (κ1) is 14.0. The summed E-state index contributed by atoms with van der Waals surface area (Å²) in [6.45, 7) is 3.89. The van der Waals surface area contributed by atoms with E-state index in [0.29, 0.717) is 25.6 Å². The number of hydrogen-bond donors (Lipinski definition) is 0. The highest BCUT2D eigenvalue weighted by atomic mass is 32.1. The molecule has 0 radical (unpaired) electrons. The van der Waals surface area contributed by atoms with E-state index >= 15 is 0 Å². The second kappa shape index (κ2) is 6.22. The quantitative estimate of drug-likeness (QED) is 0.872. The molecular formula is C15H17N3O2S. The number of carbonyl (C=O) groups excluding carboxylic acids is 1. The molecule has 1 amide bonds. The minimum Gasteiger partial charge on any atom is -0.478 e. The van der Waals surface area contributed by atoms with Crippen molar-refractivity contribution in [2.24, 2.45) is 0 Å². The van der Waals surface area contributed by atoms with Crippen LogP contribution in [0, 0.1) is 0 Å². The van der Waals surface area contributed by atoms with Gasteiger partial charge in [0.1, 0.15) is 6.33 Å². The number of ether oxygens (including phenoxy) is 1. The molecule has 3 heterocycles. The Morgan fingerprint density at radius 3 is 3.00 bits per heavy atom. The number of amides is 1. The zero-order valence-corrected chi connectivity index (χ0v) is 12.7. The summed E-state index contributed by atoms with van der Waals surface area (Å²) in [6.07, 6.45) is 3.02. The Morgan fingerprint density at radius 2 is 2.24 bits per heavy atom. The van der Waals surface area contributed by atoms with E-state index in [1.807, 2.05) is 28.7 Å². The lowest BCUT2D eigenvalue weighted by Crippen LogP contribution is -2.33. The van der Waals surface area contributed by atoms with Gasteiger partial charge in [-0.05, 0) is 24.8 Å². The summed E-state index contributed by atoms with van der Waals surface area (Å²) in [7, 11) is 0. The van der Waals surface area contributed by atoms with Gasteiger partial charge >= 0.3 is 0 Å². The third-order valence-corrected chi connectivity index (χ3v) is 4.26. The van der Waals surface area contributed by atoms with Crippen LogP contribution >= 0.6 is 11.3 Å². The first-order chi connectivity index (χ1) is 10.3. The Morgan fingerprint density at radius 1 is 1.38 bits per heavy atom. The Labute approximate surface area is 127 Å². The molecule has 110 valence electrons. The first-order valence-electron chi connectivity index (χ1n) is 7.06. The number of nitrogens with zero attached hydrogens (tertiary/aromatic N) is 3. The van der Waals surface area contributed by atoms with Crippen molar-refractivity contribution < 1.29 is 9.53 Å². The molecule has 5 nitrogen and oxygen atoms in total. The first-order valence-corrected chi connectivity index (χ1v) is 8.01. The third-order valence-electron chi connectivity index (χ3n) is 3.58. The van der Waals surface area contributed by atoms with Crippen LogP contribution in [0.5, 0.6) is 5.88 Å². The fraction of sp³-hybridized carbons (Fsp3) is 0.400. The maximum Gasteiger partial charge on any atom is 0.254 e. The summed E-state index contributed by atoms with van der Waals surface area (Å²) >= 11 is 1.54. The van der Waals surface area contributed by atoms with Crippen molar-refractivity contribution in [2.45, 2.75) is 19.8 Å². The summed E-state index contributed by atoms with van der Waals surface area (Å²) in [5, 5.41) is 3.82. The van der Waals surface area contributed by atoms with Crippen molar-refractivity contribution in [1.29, 1.82) is 0 Å². The molecule has 0 spiro atoms. The molecule has 0 unspecified atom stereocenters. The zero-order chi connectivity index (χ0) is 14.7. The highest BCUT2D eigenvalue weighted by molar-refractivity contribution is 7.08. The van der Waals surface area contributed by atoms with Crippen LogP contribution in [0.3, 0.4) is 0 Å². The molecule has 1 aliphatic heterocycles. The number of carbonyl (C=O) groups is 1. The van der Waals surface area contributed by atoms with Crippen LogP contribution < -0.4 is 4.74 Å². The lowest BCUT2D eigenvalue weighted by atomic mass is 10.1. The van der Waals surface area contributed by atoms with E-state index in [1.54, 1.807) is 17.7 Å². The predicted octanol–water partition coefficient (Wildman–Crippen LogP) is 2.18. The molecule has 6 heteroatoms. The average molecular weight is 303 g/mol. The molecule has 2 aromatic heterocycles. The van der Waals surface area contributed by atoms with Crippen molar-refractivity contribution in [3.05, 3.63) is 40.0 Å². The van der Waals surface area contributed by atoms with Crippen LogP contribution in [0.15, 0.2) is 23.2 Å². The van der Waals surface area contributed by atoms with E-state index in [2.05, 4.69) is 9.97 Å². The Bertz CT molecular complexity index is 628. The second-order valence-electron chi connectivity index (χ2n) is 4.84. The summed E-state index contributed by atoms with van der Waals surface area (Å²) in [4.78, 5) is 22.9. The van der Waals surface area contributed by atoms with Crippen molar-refractivity contribution in [1.82, 2.24) is 14.9 Å². The van der Waals surface area contributed by atoms with Gasteiger partial charge in [-0.25, -0.2) is 9.97 Å². The highest BCUT2D eigenvalue weighted by Crippen LogP contribution is 2.23. The minimum atomic E-state index is 0.0926. The summed E-state index contributed by atoms with van der Waals surface area (Å²) in [5.74, 6) is 0.752. The molecule has 21 heavy (non-hydrogen) atoms. The lowest BCUT2D eigenvalue weighted by molar-refractivity contribution is 0.0763. The monoisotopic (exact) mass is 303 g/mol. The third kappa shape index (κ3) is 2.90. The van der Waals surface area contributed by atoms with E-state index in [0.717, 1.165) is 29.7 Å². The van der Waals surface area contributed by atoms with Gasteiger partial charge in [-0.15, -0.1) is 0 Å². The van der Waals surface area contributed by atoms with Crippen LogP contribution in [0.2, 0.25) is 0 Å². The van der Waals surface area contributed by atoms with E-state index in [-0.39, 0.29) is 5.91 Å². The van der Waals surface area contributed by atoms with Crippen LogP contribution in [-0.2, 0) is 12.8 Å². The van der Waals surface area contributed by atoms with Crippen LogP contribution in [0.1, 0.15) is 28.5 Å². The highest BCUT2D eigenvalue weighted by Gasteiger charge is 2.23. The molecule has 0 atom stereocenters. The molecule has 1 aliphatic rings. The molecule has 0 saturated heterocycles.